The van der Waals surface area contributed by atoms with E-state index in [0.717, 1.165) is 31.0 Å². The molecule has 0 saturated carbocycles. The fourth-order valence-corrected chi connectivity index (χ4v) is 3.36. The van der Waals surface area contributed by atoms with Crippen molar-refractivity contribution in [1.82, 2.24) is 10.3 Å². The molecule has 5 heteroatoms. The number of hydrogen-bond acceptors (Lipinski definition) is 3. The molecule has 23 heavy (non-hydrogen) atoms. The zero-order chi connectivity index (χ0) is 16.1. The predicted octanol–water partition coefficient (Wildman–Crippen LogP) is 4.55. The summed E-state index contributed by atoms with van der Waals surface area (Å²) >= 11 is 11.8. The number of aromatic nitrogens is 1. The Balaban J connectivity index is 1.58. The Kier molecular flexibility index (Phi) is 5.76. The zero-order valence-corrected chi connectivity index (χ0v) is 14.4. The Morgan fingerprint density at radius 2 is 1.87 bits per heavy atom. The topological polar surface area (TPSA) is 34.1 Å². The third-order valence-electron chi connectivity index (χ3n) is 4.36. The summed E-state index contributed by atoms with van der Waals surface area (Å²) < 4.78 is 5.76. The largest absolute Gasteiger partial charge is 0.478 e. The van der Waals surface area contributed by atoms with E-state index in [2.05, 4.69) is 22.4 Å². The van der Waals surface area contributed by atoms with Gasteiger partial charge in [0.05, 0.1) is 11.6 Å². The first-order valence-corrected chi connectivity index (χ1v) is 8.68. The van der Waals surface area contributed by atoms with E-state index in [4.69, 9.17) is 27.9 Å². The second-order valence-electron chi connectivity index (χ2n) is 5.86. The summed E-state index contributed by atoms with van der Waals surface area (Å²) in [5, 5.41) is 4.90. The van der Waals surface area contributed by atoms with Crippen molar-refractivity contribution in [3.63, 3.8) is 0 Å². The second kappa shape index (κ2) is 8.00. The molecule has 0 amide bonds. The number of nitrogens with zero attached hydrogens (tertiary/aromatic N) is 1. The molecule has 0 spiro atoms. The van der Waals surface area contributed by atoms with Crippen LogP contribution in [0.15, 0.2) is 42.6 Å². The summed E-state index contributed by atoms with van der Waals surface area (Å²) in [6.45, 7) is 2.74. The average Bonchev–Trinajstić information content (AvgIpc) is 2.58. The lowest BCUT2D eigenvalue weighted by Crippen LogP contribution is -2.35. The van der Waals surface area contributed by atoms with Crippen LogP contribution in [0.1, 0.15) is 24.3 Å². The van der Waals surface area contributed by atoms with E-state index >= 15 is 0 Å². The van der Waals surface area contributed by atoms with Gasteiger partial charge < -0.3 is 10.1 Å². The van der Waals surface area contributed by atoms with E-state index < -0.39 is 0 Å². The van der Waals surface area contributed by atoms with Crippen molar-refractivity contribution in [3.8, 4) is 5.88 Å². The quantitative estimate of drug-likeness (QED) is 0.858. The van der Waals surface area contributed by atoms with E-state index in [0.29, 0.717) is 29.3 Å². The van der Waals surface area contributed by atoms with Crippen LogP contribution in [0.3, 0.4) is 0 Å². The predicted molar refractivity (Wildman–Crippen MR) is 94.5 cm³/mol. The first kappa shape index (κ1) is 16.6. The molecule has 1 N–H and O–H groups in total. The molecule has 3 rings (SSSR count). The summed E-state index contributed by atoms with van der Waals surface area (Å²) in [6.07, 6.45) is 3.78. The maximum Gasteiger partial charge on any atom is 0.213 e. The number of ether oxygens (including phenoxy) is 1. The van der Waals surface area contributed by atoms with Crippen molar-refractivity contribution in [2.75, 3.05) is 19.7 Å². The van der Waals surface area contributed by atoms with Crippen molar-refractivity contribution in [2.24, 2.45) is 5.92 Å². The molecule has 0 bridgehead atoms. The molecule has 1 aromatic heterocycles. The lowest BCUT2D eigenvalue weighted by atomic mass is 9.80. The molecule has 122 valence electrons. The SMILES string of the molecule is Clc1ccc([C@H]2CNCC[C@@H]2CCOc2ccc(Cl)cn2)cc1. The first-order chi connectivity index (χ1) is 11.2. The zero-order valence-electron chi connectivity index (χ0n) is 12.8. The van der Waals surface area contributed by atoms with Gasteiger partial charge >= 0.3 is 0 Å². The van der Waals surface area contributed by atoms with Crippen LogP contribution in [0.4, 0.5) is 0 Å². The van der Waals surface area contributed by atoms with Crippen LogP contribution in [0, 0.1) is 5.92 Å². The molecule has 2 atom stereocenters. The van der Waals surface area contributed by atoms with Crippen molar-refractivity contribution in [1.29, 1.82) is 0 Å². The number of piperidine rings is 1. The maximum atomic E-state index is 6.00. The van der Waals surface area contributed by atoms with Gasteiger partial charge in [0.25, 0.3) is 0 Å². The highest BCUT2D eigenvalue weighted by Crippen LogP contribution is 2.32. The monoisotopic (exact) mass is 350 g/mol. The molecule has 2 aromatic rings. The number of pyridine rings is 1. The molecule has 2 heterocycles. The van der Waals surface area contributed by atoms with Crippen molar-refractivity contribution >= 4 is 23.2 Å². The third kappa shape index (κ3) is 4.60. The minimum absolute atomic E-state index is 0.503. The van der Waals surface area contributed by atoms with Crippen molar-refractivity contribution < 1.29 is 4.74 Å². The molecule has 0 aliphatic carbocycles. The fourth-order valence-electron chi connectivity index (χ4n) is 3.12. The summed E-state index contributed by atoms with van der Waals surface area (Å²) in [7, 11) is 0. The molecule has 1 fully saturated rings. The van der Waals surface area contributed by atoms with Crippen LogP contribution < -0.4 is 10.1 Å². The average molecular weight is 351 g/mol. The van der Waals surface area contributed by atoms with Crippen molar-refractivity contribution in [3.05, 3.63) is 58.2 Å². The Morgan fingerprint density at radius 1 is 1.09 bits per heavy atom. The summed E-state index contributed by atoms with van der Waals surface area (Å²) in [4.78, 5) is 4.17. The van der Waals surface area contributed by atoms with Gasteiger partial charge in [-0.15, -0.1) is 0 Å². The molecule has 1 aliphatic heterocycles. The Hall–Kier alpha value is -1.29. The number of nitrogens with one attached hydrogen (secondary N) is 1. The van der Waals surface area contributed by atoms with E-state index in [1.807, 2.05) is 12.1 Å². The van der Waals surface area contributed by atoms with Gasteiger partial charge in [0.2, 0.25) is 5.88 Å². The molecule has 1 saturated heterocycles. The van der Waals surface area contributed by atoms with Crippen LogP contribution in [0.25, 0.3) is 0 Å². The summed E-state index contributed by atoms with van der Waals surface area (Å²) in [5.74, 6) is 1.74. The van der Waals surface area contributed by atoms with Gasteiger partial charge in [0, 0.05) is 23.8 Å². The number of halogens is 2. The van der Waals surface area contributed by atoms with Gasteiger partial charge in [0.1, 0.15) is 0 Å². The molecule has 0 radical (unpaired) electrons. The van der Waals surface area contributed by atoms with Crippen LogP contribution in [-0.2, 0) is 0 Å². The lowest BCUT2D eigenvalue weighted by molar-refractivity contribution is 0.227. The highest BCUT2D eigenvalue weighted by Gasteiger charge is 2.26. The van der Waals surface area contributed by atoms with Crippen molar-refractivity contribution in [2.45, 2.75) is 18.8 Å². The van der Waals surface area contributed by atoms with E-state index in [1.165, 1.54) is 5.56 Å². The van der Waals surface area contributed by atoms with E-state index in [9.17, 15) is 0 Å². The van der Waals surface area contributed by atoms with Crippen LogP contribution in [0.5, 0.6) is 5.88 Å². The third-order valence-corrected chi connectivity index (χ3v) is 4.84. The second-order valence-corrected chi connectivity index (χ2v) is 6.74. The first-order valence-electron chi connectivity index (χ1n) is 7.93. The summed E-state index contributed by atoms with van der Waals surface area (Å²) in [5.41, 5.74) is 1.34. The van der Waals surface area contributed by atoms with Gasteiger partial charge in [-0.2, -0.15) is 0 Å². The van der Waals surface area contributed by atoms with Crippen LogP contribution >= 0.6 is 23.2 Å². The number of hydrogen-bond donors (Lipinski definition) is 1. The molecule has 1 aliphatic rings. The van der Waals surface area contributed by atoms with Gasteiger partial charge in [-0.1, -0.05) is 35.3 Å². The van der Waals surface area contributed by atoms with E-state index in [1.54, 1.807) is 18.3 Å². The molecule has 3 nitrogen and oxygen atoms in total. The number of rotatable bonds is 5. The molecular weight excluding hydrogens is 331 g/mol. The Labute approximate surface area is 147 Å². The van der Waals surface area contributed by atoms with Gasteiger partial charge in [0.15, 0.2) is 0 Å². The van der Waals surface area contributed by atoms with Crippen LogP contribution in [-0.4, -0.2) is 24.7 Å². The smallest absolute Gasteiger partial charge is 0.213 e. The highest BCUT2D eigenvalue weighted by molar-refractivity contribution is 6.30. The Morgan fingerprint density at radius 3 is 2.61 bits per heavy atom. The van der Waals surface area contributed by atoms with Crippen LogP contribution in [0.2, 0.25) is 10.0 Å². The fraction of sp³-hybridized carbons (Fsp3) is 0.389. The maximum absolute atomic E-state index is 6.00. The van der Waals surface area contributed by atoms with Gasteiger partial charge in [-0.05, 0) is 55.0 Å². The Bertz CT molecular complexity index is 616. The molecular formula is C18H20Cl2N2O. The minimum atomic E-state index is 0.503. The van der Waals surface area contributed by atoms with Gasteiger partial charge in [-0.25, -0.2) is 4.98 Å². The van der Waals surface area contributed by atoms with Gasteiger partial charge in [-0.3, -0.25) is 0 Å². The molecule has 1 aromatic carbocycles. The number of benzene rings is 1. The summed E-state index contributed by atoms with van der Waals surface area (Å²) in [6, 6.07) is 11.8. The highest BCUT2D eigenvalue weighted by atomic mass is 35.5. The normalized spacial score (nSPS) is 21.1. The lowest BCUT2D eigenvalue weighted by Gasteiger charge is -2.32. The minimum Gasteiger partial charge on any atom is -0.478 e. The standard InChI is InChI=1S/C18H20Cl2N2O/c19-15-3-1-13(2-4-15)17-12-21-9-7-14(17)8-10-23-18-6-5-16(20)11-22-18/h1-6,11,14,17,21H,7-10,12H2/t14-,17-/m1/s1. The van der Waals surface area contributed by atoms with E-state index in [-0.39, 0.29) is 0 Å². The molecule has 0 unspecified atom stereocenters.